The first-order chi connectivity index (χ1) is 21.9. The number of halogens is 1. The van der Waals surface area contributed by atoms with Gasteiger partial charge < -0.3 is 10.2 Å². The number of nitrogens with one attached hydrogen (secondary N) is 1. The molecule has 0 aliphatic carbocycles. The third kappa shape index (κ3) is 8.81. The summed E-state index contributed by atoms with van der Waals surface area (Å²) in [5.74, 6) is -1.35. The maximum Gasteiger partial charge on any atom is 0.264 e. The number of hydrogen-bond acceptors (Lipinski definition) is 4. The Labute approximate surface area is 272 Å². The molecule has 4 rings (SSSR count). The minimum atomic E-state index is -4.20. The van der Waals surface area contributed by atoms with E-state index in [4.69, 9.17) is 0 Å². The van der Waals surface area contributed by atoms with Crippen LogP contribution in [0.15, 0.2) is 102 Å². The van der Waals surface area contributed by atoms with Crippen LogP contribution < -0.4 is 9.62 Å². The van der Waals surface area contributed by atoms with Crippen molar-refractivity contribution in [3.8, 4) is 0 Å². The molecule has 0 spiro atoms. The Morgan fingerprint density at radius 2 is 1.41 bits per heavy atom. The van der Waals surface area contributed by atoms with Gasteiger partial charge in [-0.05, 0) is 92.8 Å². The average Bonchev–Trinajstić information content (AvgIpc) is 3.02. The van der Waals surface area contributed by atoms with Gasteiger partial charge >= 0.3 is 0 Å². The van der Waals surface area contributed by atoms with E-state index in [1.54, 1.807) is 36.4 Å². The normalized spacial score (nSPS) is 12.7. The second-order valence-electron chi connectivity index (χ2n) is 11.8. The molecule has 2 amide bonds. The number of benzene rings is 4. The molecule has 0 aliphatic heterocycles. The van der Waals surface area contributed by atoms with E-state index in [2.05, 4.69) is 5.32 Å². The zero-order chi connectivity index (χ0) is 33.4. The van der Waals surface area contributed by atoms with Crippen LogP contribution in [0.3, 0.4) is 0 Å². The number of carbonyl (C=O) groups is 2. The van der Waals surface area contributed by atoms with Crippen molar-refractivity contribution in [1.29, 1.82) is 0 Å². The number of nitrogens with zero attached hydrogens (tertiary/aromatic N) is 2. The third-order valence-electron chi connectivity index (χ3n) is 7.92. The zero-order valence-corrected chi connectivity index (χ0v) is 27.9. The van der Waals surface area contributed by atoms with Gasteiger partial charge in [0.2, 0.25) is 11.8 Å². The van der Waals surface area contributed by atoms with E-state index >= 15 is 0 Å². The molecule has 0 saturated heterocycles. The summed E-state index contributed by atoms with van der Waals surface area (Å²) in [7, 11) is -4.20. The average molecular weight is 644 g/mol. The Hall–Kier alpha value is -4.50. The van der Waals surface area contributed by atoms with Crippen molar-refractivity contribution < 1.29 is 22.4 Å². The van der Waals surface area contributed by atoms with Gasteiger partial charge in [0.25, 0.3) is 10.0 Å². The Kier molecular flexibility index (Phi) is 11.4. The van der Waals surface area contributed by atoms with Gasteiger partial charge in [0.05, 0.1) is 10.6 Å². The lowest BCUT2D eigenvalue weighted by Crippen LogP contribution is -2.54. The molecule has 0 radical (unpaired) electrons. The molecular formula is C37H42FN3O4S. The highest BCUT2D eigenvalue weighted by Gasteiger charge is 2.35. The highest BCUT2D eigenvalue weighted by Crippen LogP contribution is 2.27. The molecule has 4 aromatic carbocycles. The van der Waals surface area contributed by atoms with E-state index in [-0.39, 0.29) is 29.8 Å². The maximum absolute atomic E-state index is 14.6. The van der Waals surface area contributed by atoms with Gasteiger partial charge in [-0.3, -0.25) is 13.9 Å². The van der Waals surface area contributed by atoms with E-state index < -0.39 is 34.3 Å². The minimum Gasteiger partial charge on any atom is -0.352 e. The van der Waals surface area contributed by atoms with Crippen molar-refractivity contribution in [2.45, 2.75) is 71.0 Å². The van der Waals surface area contributed by atoms with Gasteiger partial charge in [-0.1, -0.05) is 73.2 Å². The lowest BCUT2D eigenvalue weighted by molar-refractivity contribution is -0.140. The number of aryl methyl sites for hydroxylation is 3. The van der Waals surface area contributed by atoms with Crippen molar-refractivity contribution in [1.82, 2.24) is 10.2 Å². The standard InChI is InChI=1S/C37H42FN3O4S/c1-6-29(5)39-37(43)35(23-30-10-8-7-9-11-30)40(24-31-14-16-32(38)17-15-31)36(42)25-41(33-21-27(3)20-28(4)22-33)46(44,45)34-18-12-26(2)13-19-34/h7-22,29,35H,6,23-25H2,1-5H3,(H,39,43)/t29-,35-/m1/s1. The van der Waals surface area contributed by atoms with Gasteiger partial charge in [-0.25, -0.2) is 12.8 Å². The molecule has 0 bridgehead atoms. The highest BCUT2D eigenvalue weighted by molar-refractivity contribution is 7.92. The number of hydrogen-bond donors (Lipinski definition) is 1. The SMILES string of the molecule is CC[C@@H](C)NC(=O)[C@@H](Cc1ccccc1)N(Cc1ccc(F)cc1)C(=O)CN(c1cc(C)cc(C)c1)S(=O)(=O)c1ccc(C)cc1. The Morgan fingerprint density at radius 3 is 2.00 bits per heavy atom. The van der Waals surface area contributed by atoms with E-state index in [9.17, 15) is 22.4 Å². The van der Waals surface area contributed by atoms with Gasteiger partial charge in [0.15, 0.2) is 0 Å². The van der Waals surface area contributed by atoms with Crippen LogP contribution >= 0.6 is 0 Å². The topological polar surface area (TPSA) is 86.8 Å². The van der Waals surface area contributed by atoms with Crippen molar-refractivity contribution in [2.75, 3.05) is 10.8 Å². The molecule has 4 aromatic rings. The summed E-state index contributed by atoms with van der Waals surface area (Å²) in [6.45, 7) is 8.86. The van der Waals surface area contributed by atoms with Crippen LogP contribution in [0.4, 0.5) is 10.1 Å². The smallest absolute Gasteiger partial charge is 0.264 e. The van der Waals surface area contributed by atoms with Crippen LogP contribution in [-0.4, -0.2) is 43.8 Å². The van der Waals surface area contributed by atoms with E-state index in [0.717, 1.165) is 26.6 Å². The minimum absolute atomic E-state index is 0.0319. The molecule has 0 heterocycles. The van der Waals surface area contributed by atoms with Gasteiger partial charge in [0, 0.05) is 19.0 Å². The number of anilines is 1. The van der Waals surface area contributed by atoms with Crippen molar-refractivity contribution in [2.24, 2.45) is 0 Å². The first-order valence-electron chi connectivity index (χ1n) is 15.4. The Morgan fingerprint density at radius 1 is 0.804 bits per heavy atom. The molecule has 0 aliphatic rings. The fourth-order valence-electron chi connectivity index (χ4n) is 5.24. The molecular weight excluding hydrogens is 601 g/mol. The molecule has 0 fully saturated rings. The molecule has 0 saturated carbocycles. The summed E-state index contributed by atoms with van der Waals surface area (Å²) >= 11 is 0. The zero-order valence-electron chi connectivity index (χ0n) is 27.0. The molecule has 1 N–H and O–H groups in total. The monoisotopic (exact) mass is 643 g/mol. The Balaban J connectivity index is 1.83. The first kappa shape index (κ1) is 34.4. The van der Waals surface area contributed by atoms with Gasteiger partial charge in [0.1, 0.15) is 18.4 Å². The summed E-state index contributed by atoms with van der Waals surface area (Å²) in [4.78, 5) is 29.9. The van der Waals surface area contributed by atoms with Crippen LogP contribution in [0.5, 0.6) is 0 Å². The molecule has 0 aromatic heterocycles. The van der Waals surface area contributed by atoms with E-state index in [1.807, 2.05) is 71.0 Å². The van der Waals surface area contributed by atoms with Gasteiger partial charge in [-0.15, -0.1) is 0 Å². The summed E-state index contributed by atoms with van der Waals surface area (Å²) in [6, 6.07) is 25.8. The van der Waals surface area contributed by atoms with Gasteiger partial charge in [-0.2, -0.15) is 0 Å². The van der Waals surface area contributed by atoms with Crippen molar-refractivity contribution in [3.63, 3.8) is 0 Å². The van der Waals surface area contributed by atoms with Crippen LogP contribution in [-0.2, 0) is 32.6 Å². The summed E-state index contributed by atoms with van der Waals surface area (Å²) < 4.78 is 43.4. The fourth-order valence-corrected chi connectivity index (χ4v) is 6.64. The molecule has 7 nitrogen and oxygen atoms in total. The van der Waals surface area contributed by atoms with Crippen molar-refractivity contribution in [3.05, 3.63) is 131 Å². The molecule has 2 atom stereocenters. The highest BCUT2D eigenvalue weighted by atomic mass is 32.2. The summed E-state index contributed by atoms with van der Waals surface area (Å²) in [5.41, 5.74) is 4.35. The quantitative estimate of drug-likeness (QED) is 0.180. The van der Waals surface area contributed by atoms with E-state index in [0.29, 0.717) is 17.7 Å². The maximum atomic E-state index is 14.6. The molecule has 46 heavy (non-hydrogen) atoms. The molecule has 242 valence electrons. The lowest BCUT2D eigenvalue weighted by atomic mass is 10.0. The number of amides is 2. The largest absolute Gasteiger partial charge is 0.352 e. The van der Waals surface area contributed by atoms with Crippen LogP contribution in [0.25, 0.3) is 0 Å². The predicted octanol–water partition coefficient (Wildman–Crippen LogP) is 6.50. The van der Waals surface area contributed by atoms with Crippen LogP contribution in [0, 0.1) is 26.6 Å². The Bertz CT molecular complexity index is 1720. The van der Waals surface area contributed by atoms with Crippen LogP contribution in [0.2, 0.25) is 0 Å². The second-order valence-corrected chi connectivity index (χ2v) is 13.7. The number of sulfonamides is 1. The number of carbonyl (C=O) groups excluding carboxylic acids is 2. The van der Waals surface area contributed by atoms with E-state index in [1.165, 1.54) is 29.2 Å². The van der Waals surface area contributed by atoms with Crippen LogP contribution in [0.1, 0.15) is 48.1 Å². The predicted molar refractivity (Wildman–Crippen MR) is 180 cm³/mol. The van der Waals surface area contributed by atoms with Crippen molar-refractivity contribution >= 4 is 27.5 Å². The first-order valence-corrected chi connectivity index (χ1v) is 16.9. The third-order valence-corrected chi connectivity index (χ3v) is 9.71. The summed E-state index contributed by atoms with van der Waals surface area (Å²) in [5, 5.41) is 3.02. The second kappa shape index (κ2) is 15.2. The summed E-state index contributed by atoms with van der Waals surface area (Å²) in [6.07, 6.45) is 0.884. The number of rotatable bonds is 13. The fraction of sp³-hybridized carbons (Fsp3) is 0.297. The lowest BCUT2D eigenvalue weighted by Gasteiger charge is -2.34. The molecule has 9 heteroatoms. The molecule has 0 unspecified atom stereocenters.